The van der Waals surface area contributed by atoms with E-state index in [2.05, 4.69) is 35.1 Å². The first kappa shape index (κ1) is 72.6. The molecule has 2 aliphatic heterocycles. The van der Waals surface area contributed by atoms with Crippen molar-refractivity contribution in [1.29, 1.82) is 0 Å². The molecule has 25 nitrogen and oxygen atoms in total. The third-order valence-corrected chi connectivity index (χ3v) is 19.6. The lowest BCUT2D eigenvalue weighted by molar-refractivity contribution is -0.133. The summed E-state index contributed by atoms with van der Waals surface area (Å²) in [5, 5.41) is 18.9. The fourth-order valence-electron chi connectivity index (χ4n) is 11.1. The van der Waals surface area contributed by atoms with Gasteiger partial charge in [-0.05, 0) is 124 Å². The Kier molecular flexibility index (Phi) is 25.9. The summed E-state index contributed by atoms with van der Waals surface area (Å²) in [5.74, 6) is -2.62. The summed E-state index contributed by atoms with van der Waals surface area (Å²) in [7, 11) is 2.03. The van der Waals surface area contributed by atoms with E-state index in [1.54, 1.807) is 60.0 Å². The largest absolute Gasteiger partial charge is 0.445 e. The number of primary amides is 1. The predicted molar refractivity (Wildman–Crippen MR) is 361 cm³/mol. The summed E-state index contributed by atoms with van der Waals surface area (Å²) in [4.78, 5) is 146. The first-order valence-corrected chi connectivity index (χ1v) is 35.9. The Morgan fingerprint density at radius 3 is 1.79 bits per heavy atom. The Bertz CT molecular complexity index is 3610. The van der Waals surface area contributed by atoms with Crippen LogP contribution >= 0.6 is 61.6 Å². The second kappa shape index (κ2) is 32.9. The van der Waals surface area contributed by atoms with Crippen LogP contribution in [-0.4, -0.2) is 156 Å². The summed E-state index contributed by atoms with van der Waals surface area (Å²) in [6.45, 7) is 9.67. The van der Waals surface area contributed by atoms with E-state index >= 15 is 0 Å². The molecule has 0 fully saturated rings. The van der Waals surface area contributed by atoms with Gasteiger partial charge in [-0.1, -0.05) is 26.0 Å². The van der Waals surface area contributed by atoms with Gasteiger partial charge in [0.15, 0.2) is 5.75 Å². The second-order valence-electron chi connectivity index (χ2n) is 23.3. The van der Waals surface area contributed by atoms with E-state index in [-0.39, 0.29) is 112 Å². The molecular weight excluding hydrogens is 1310 g/mol. The van der Waals surface area contributed by atoms with Crippen molar-refractivity contribution >= 4 is 153 Å². The number of unbranched alkanes of at least 4 members (excludes halogenated alkanes) is 1. The third-order valence-electron chi connectivity index (χ3n) is 15.9. The number of urea groups is 1. The summed E-state index contributed by atoms with van der Waals surface area (Å²) in [5.41, 5.74) is 16.5. The molecular formula is C61H81Cl2N11O14P2S2. The number of likely N-dealkylation sites (N-methyl/N-ethyl adjacent to an activating group) is 2. The number of nitrogens with zero attached hydrogens (tertiary/aromatic N) is 4. The normalized spacial score (nSPS) is 15.3. The highest BCUT2D eigenvalue weighted by Gasteiger charge is 2.39. The Morgan fingerprint density at radius 2 is 1.27 bits per heavy atom. The Morgan fingerprint density at radius 1 is 0.739 bits per heavy atom. The van der Waals surface area contributed by atoms with Crippen molar-refractivity contribution in [2.75, 3.05) is 80.2 Å². The van der Waals surface area contributed by atoms with E-state index in [1.807, 2.05) is 24.6 Å². The highest BCUT2D eigenvalue weighted by molar-refractivity contribution is 7.88. The maximum atomic E-state index is 14.2. The number of alkyl halides is 2. The molecule has 2 aromatic heterocycles. The number of rotatable bonds is 30. The van der Waals surface area contributed by atoms with Crippen molar-refractivity contribution in [3.8, 4) is 11.5 Å². The number of nitrogens with one attached hydrogen (secondary N) is 5. The number of nitrogens with two attached hydrogens (primary N) is 2. The molecule has 10 amide bonds. The molecule has 0 spiro atoms. The van der Waals surface area contributed by atoms with Crippen molar-refractivity contribution in [3.05, 3.63) is 75.0 Å². The summed E-state index contributed by atoms with van der Waals surface area (Å²) < 4.78 is 18.6. The number of hydrogen-bond acceptors (Lipinski definition) is 15. The van der Waals surface area contributed by atoms with E-state index in [4.69, 9.17) is 48.7 Å². The summed E-state index contributed by atoms with van der Waals surface area (Å²) in [6.07, 6.45) is 0.681. The zero-order chi connectivity index (χ0) is 67.3. The number of carbonyl (C=O) groups is 9. The SMILES string of the molecule is CC(=O)N[C@@H](CCCCN)C(=O)N[C@H](C(=O)N[C@@H](CCCNC(N)=O)C(=O)Nc1ccc(COC(=O)N(C)CCN(C)C(=O)Oc2cc3c(c4c(C)csc24)[C@H](CCl)CN3C(=O)CCCC(=O)N2C[C@@H](CCl)c3c2cc(OP(O)(O)=P)c2scc(C)c32)cc1)C(C)C. The number of ether oxygens (including phenoxy) is 2. The molecule has 3 aromatic carbocycles. The van der Waals surface area contributed by atoms with Crippen LogP contribution in [0.1, 0.15) is 112 Å². The highest BCUT2D eigenvalue weighted by Crippen LogP contribution is 2.54. The molecule has 0 saturated carbocycles. The van der Waals surface area contributed by atoms with Gasteiger partial charge in [0.2, 0.25) is 35.4 Å². The lowest BCUT2D eigenvalue weighted by atomic mass is 9.97. The maximum Gasteiger partial charge on any atom is 0.415 e. The van der Waals surface area contributed by atoms with Gasteiger partial charge in [-0.25, -0.2) is 14.4 Å². The lowest BCUT2D eigenvalue weighted by Gasteiger charge is -2.27. The molecule has 500 valence electrons. The fraction of sp³-hybridized carbons (Fsp3) is 0.492. The molecule has 5 aromatic rings. The first-order valence-electron chi connectivity index (χ1n) is 30.1. The van der Waals surface area contributed by atoms with Crippen LogP contribution < -0.4 is 57.1 Å². The van der Waals surface area contributed by atoms with E-state index in [0.29, 0.717) is 64.4 Å². The molecule has 0 bridgehead atoms. The monoisotopic (exact) mass is 1390 g/mol. The van der Waals surface area contributed by atoms with E-state index in [0.717, 1.165) is 33.0 Å². The van der Waals surface area contributed by atoms with Crippen LogP contribution in [-0.2, 0) is 40.1 Å². The van der Waals surface area contributed by atoms with E-state index in [9.17, 15) is 52.9 Å². The Balaban J connectivity index is 0.922. The number of benzene rings is 3. The highest BCUT2D eigenvalue weighted by atomic mass is 35.5. The van der Waals surface area contributed by atoms with Crippen molar-refractivity contribution in [2.45, 2.75) is 123 Å². The van der Waals surface area contributed by atoms with Crippen LogP contribution in [0.3, 0.4) is 0 Å². The zero-order valence-electron chi connectivity index (χ0n) is 52.4. The summed E-state index contributed by atoms with van der Waals surface area (Å²) >= 11 is 15.9. The van der Waals surface area contributed by atoms with Gasteiger partial charge in [-0.3, -0.25) is 28.8 Å². The Labute approximate surface area is 554 Å². The third kappa shape index (κ3) is 18.5. The van der Waals surface area contributed by atoms with Gasteiger partial charge in [0.1, 0.15) is 30.5 Å². The number of halogens is 2. The number of fused-ring (bicyclic) bond motifs is 6. The van der Waals surface area contributed by atoms with Crippen LogP contribution in [0.5, 0.6) is 11.5 Å². The molecule has 0 aliphatic carbocycles. The van der Waals surface area contributed by atoms with Crippen molar-refractivity contribution < 1.29 is 66.9 Å². The second-order valence-corrected chi connectivity index (χ2v) is 28.7. The van der Waals surface area contributed by atoms with E-state index < -0.39 is 73.1 Å². The van der Waals surface area contributed by atoms with E-state index in [1.165, 1.54) is 53.5 Å². The Hall–Kier alpha value is -6.80. The van der Waals surface area contributed by atoms with Gasteiger partial charge < -0.3 is 81.4 Å². The minimum Gasteiger partial charge on any atom is -0.445 e. The molecule has 0 unspecified atom stereocenters. The molecule has 11 N–H and O–H groups in total. The number of amides is 10. The lowest BCUT2D eigenvalue weighted by Crippen LogP contribution is -2.57. The van der Waals surface area contributed by atoms with Gasteiger partial charge in [0, 0.05) is 119 Å². The minimum atomic E-state index is -3.90. The molecule has 92 heavy (non-hydrogen) atoms. The quantitative estimate of drug-likeness (QED) is 0.0118. The number of hydrogen-bond donors (Lipinski definition) is 9. The average molecular weight is 1390 g/mol. The van der Waals surface area contributed by atoms with Gasteiger partial charge in [-0.15, -0.1) is 45.9 Å². The van der Waals surface area contributed by atoms with Crippen LogP contribution in [0, 0.1) is 19.8 Å². The van der Waals surface area contributed by atoms with Crippen molar-refractivity contribution in [2.24, 2.45) is 17.4 Å². The van der Waals surface area contributed by atoms with Crippen LogP contribution in [0.4, 0.5) is 31.4 Å². The minimum absolute atomic E-state index is 0.0163. The molecule has 31 heteroatoms. The van der Waals surface area contributed by atoms with Crippen molar-refractivity contribution in [3.63, 3.8) is 0 Å². The molecule has 0 saturated heterocycles. The molecule has 2 aliphatic rings. The molecule has 0 radical (unpaired) electrons. The number of aryl methyl sites for hydroxylation is 2. The average Bonchev–Trinajstić information content (AvgIpc) is 1.58. The van der Waals surface area contributed by atoms with Crippen LogP contribution in [0.15, 0.2) is 47.2 Å². The van der Waals surface area contributed by atoms with Gasteiger partial charge in [0.05, 0.1) is 20.8 Å². The van der Waals surface area contributed by atoms with Gasteiger partial charge >= 0.3 is 25.4 Å². The first-order chi connectivity index (χ1) is 43.6. The maximum absolute atomic E-state index is 14.2. The molecule has 5 atom stereocenters. The van der Waals surface area contributed by atoms with Crippen LogP contribution in [0.2, 0.25) is 0 Å². The van der Waals surface area contributed by atoms with Gasteiger partial charge in [-0.2, -0.15) is 0 Å². The zero-order valence-corrected chi connectivity index (χ0v) is 57.4. The number of carbonyl (C=O) groups excluding carboxylic acids is 9. The van der Waals surface area contributed by atoms with Crippen molar-refractivity contribution in [1.82, 2.24) is 31.1 Å². The number of thiophene rings is 2. The molecule has 7 rings (SSSR count). The topological polar surface area (TPSA) is 347 Å². The standard InChI is InChI=1S/C61H81Cl2N11O14P2S2/c1-33(2)53(70-57(79)41(67-36(5)75)12-8-9-20-64)58(80)69-42(13-11-21-66-59(65)81)56(78)68-40-18-16-37(17-19-40)30-86-60(82)71(6)22-23-72(7)61(83)87-45-24-43-51(49-34(3)31-91-54(45)49)38(26-62)28-73(43)47(76)14-10-15-48(77)74-29-39(27-63)52-44(74)25-46(88-90(84,85)89)55-50(52)35(4)32-92-55/h16-19,24-25,31-33,38-39,41-42,53,84-85,89H,8-15,20-23,26-30,64H2,1-7H3,(H,67,75)(H,68,78)(H,69,80)(H,70,79)(H3,65,66,81)/t38-,39-,41+,42+,53+/m1/s1. The van der Waals surface area contributed by atoms with Crippen LogP contribution in [0.25, 0.3) is 20.2 Å². The number of anilines is 3. The molecule has 4 heterocycles. The summed E-state index contributed by atoms with van der Waals surface area (Å²) in [6, 6.07) is 5.90. The fourth-order valence-corrected chi connectivity index (χ4v) is 14.5. The van der Waals surface area contributed by atoms with Gasteiger partial charge in [0.25, 0.3) is 0 Å². The predicted octanol–water partition coefficient (Wildman–Crippen LogP) is 8.47. The smallest absolute Gasteiger partial charge is 0.415 e.